The second-order valence-electron chi connectivity index (χ2n) is 9.55. The number of hydrogen-bond donors (Lipinski definition) is 1. The standard InChI is InChI=1S/C28H36FN3O3/c1-4-34-19-23(33)17-31(16-21-14-15-21)18-24-27(20(2)3)30-32(22-10-6-5-7-11-22)28(24)35-26-13-9-8-12-25(26)29/h5-13,20-21,23,33H,4,14-19H2,1-3H3. The van der Waals surface area contributed by atoms with Gasteiger partial charge in [0.15, 0.2) is 11.6 Å². The number of aliphatic hydroxyl groups is 1. The lowest BCUT2D eigenvalue weighted by Gasteiger charge is -2.26. The molecule has 0 aliphatic heterocycles. The molecule has 1 heterocycles. The first kappa shape index (κ1) is 25.4. The van der Waals surface area contributed by atoms with Crippen LogP contribution >= 0.6 is 0 Å². The van der Waals surface area contributed by atoms with Crippen LogP contribution in [0.5, 0.6) is 11.6 Å². The maximum absolute atomic E-state index is 14.6. The average molecular weight is 482 g/mol. The van der Waals surface area contributed by atoms with E-state index in [1.807, 2.05) is 37.3 Å². The Balaban J connectivity index is 1.74. The molecule has 1 saturated carbocycles. The van der Waals surface area contributed by atoms with Crippen molar-refractivity contribution in [3.8, 4) is 17.3 Å². The highest BCUT2D eigenvalue weighted by molar-refractivity contribution is 5.44. The number of ether oxygens (including phenoxy) is 2. The Morgan fingerprint density at radius 2 is 1.83 bits per heavy atom. The number of hydrogen-bond acceptors (Lipinski definition) is 5. The van der Waals surface area contributed by atoms with E-state index < -0.39 is 11.9 Å². The molecule has 1 aromatic heterocycles. The zero-order chi connectivity index (χ0) is 24.8. The van der Waals surface area contributed by atoms with Crippen molar-refractivity contribution in [2.75, 3.05) is 26.3 Å². The molecule has 0 bridgehead atoms. The molecule has 1 N–H and O–H groups in total. The summed E-state index contributed by atoms with van der Waals surface area (Å²) in [7, 11) is 0. The molecule has 1 unspecified atom stereocenters. The number of aliphatic hydroxyl groups excluding tert-OH is 1. The van der Waals surface area contributed by atoms with Crippen molar-refractivity contribution in [3.05, 3.63) is 71.7 Å². The van der Waals surface area contributed by atoms with Crippen LogP contribution < -0.4 is 4.74 Å². The molecule has 1 fully saturated rings. The second-order valence-corrected chi connectivity index (χ2v) is 9.55. The van der Waals surface area contributed by atoms with Gasteiger partial charge in [0.2, 0.25) is 5.88 Å². The number of nitrogens with zero attached hydrogens (tertiary/aromatic N) is 3. The van der Waals surface area contributed by atoms with Gasteiger partial charge in [-0.1, -0.05) is 44.2 Å². The first-order valence-corrected chi connectivity index (χ1v) is 12.5. The molecule has 1 aliphatic rings. The summed E-state index contributed by atoms with van der Waals surface area (Å²) in [6.07, 6.45) is 1.82. The fourth-order valence-electron chi connectivity index (χ4n) is 4.24. The molecule has 2 aromatic carbocycles. The van der Waals surface area contributed by atoms with E-state index in [9.17, 15) is 9.50 Å². The van der Waals surface area contributed by atoms with Crippen molar-refractivity contribution in [2.45, 2.75) is 52.2 Å². The summed E-state index contributed by atoms with van der Waals surface area (Å²) >= 11 is 0. The van der Waals surface area contributed by atoms with Gasteiger partial charge in [-0.15, -0.1) is 0 Å². The third-order valence-corrected chi connectivity index (χ3v) is 6.14. The van der Waals surface area contributed by atoms with Crippen LogP contribution in [-0.4, -0.2) is 52.2 Å². The quantitative estimate of drug-likeness (QED) is 0.348. The zero-order valence-corrected chi connectivity index (χ0v) is 20.9. The van der Waals surface area contributed by atoms with Gasteiger partial charge in [0.05, 0.1) is 29.7 Å². The van der Waals surface area contributed by atoms with Gasteiger partial charge in [0.25, 0.3) is 0 Å². The lowest BCUT2D eigenvalue weighted by Crippen LogP contribution is -2.36. The fourth-order valence-corrected chi connectivity index (χ4v) is 4.24. The molecule has 35 heavy (non-hydrogen) atoms. The van der Waals surface area contributed by atoms with Gasteiger partial charge < -0.3 is 14.6 Å². The highest BCUT2D eigenvalue weighted by Crippen LogP contribution is 2.37. The summed E-state index contributed by atoms with van der Waals surface area (Å²) in [5, 5.41) is 15.5. The van der Waals surface area contributed by atoms with Gasteiger partial charge in [0, 0.05) is 26.2 Å². The van der Waals surface area contributed by atoms with Crippen LogP contribution in [-0.2, 0) is 11.3 Å². The molecule has 0 spiro atoms. The van der Waals surface area contributed by atoms with E-state index >= 15 is 0 Å². The molecule has 7 heteroatoms. The van der Waals surface area contributed by atoms with Crippen LogP contribution in [0.3, 0.4) is 0 Å². The first-order valence-electron chi connectivity index (χ1n) is 12.5. The van der Waals surface area contributed by atoms with Gasteiger partial charge >= 0.3 is 0 Å². The Labute approximate surface area is 207 Å². The van der Waals surface area contributed by atoms with E-state index in [0.29, 0.717) is 38.1 Å². The number of rotatable bonds is 13. The maximum atomic E-state index is 14.6. The number of benzene rings is 2. The van der Waals surface area contributed by atoms with Crippen molar-refractivity contribution >= 4 is 0 Å². The van der Waals surface area contributed by atoms with Crippen LogP contribution in [0.15, 0.2) is 54.6 Å². The largest absolute Gasteiger partial charge is 0.435 e. The van der Waals surface area contributed by atoms with Crippen LogP contribution in [0.2, 0.25) is 0 Å². The molecule has 6 nitrogen and oxygen atoms in total. The minimum absolute atomic E-state index is 0.133. The first-order chi connectivity index (χ1) is 17.0. The van der Waals surface area contributed by atoms with Crippen LogP contribution in [0.25, 0.3) is 5.69 Å². The minimum atomic E-state index is -0.587. The minimum Gasteiger partial charge on any atom is -0.435 e. The van der Waals surface area contributed by atoms with E-state index in [1.165, 1.54) is 18.9 Å². The van der Waals surface area contributed by atoms with Crippen molar-refractivity contribution in [1.29, 1.82) is 0 Å². The van der Waals surface area contributed by atoms with Crippen molar-refractivity contribution in [2.24, 2.45) is 5.92 Å². The maximum Gasteiger partial charge on any atom is 0.227 e. The molecule has 188 valence electrons. The predicted octanol–water partition coefficient (Wildman–Crippen LogP) is 5.54. The van der Waals surface area contributed by atoms with Crippen molar-refractivity contribution < 1.29 is 19.0 Å². The Kier molecular flexibility index (Phi) is 8.55. The topological polar surface area (TPSA) is 59.8 Å². The molecule has 0 radical (unpaired) electrons. The van der Waals surface area contributed by atoms with Crippen LogP contribution in [0.4, 0.5) is 4.39 Å². The van der Waals surface area contributed by atoms with E-state index in [2.05, 4.69) is 18.7 Å². The molecule has 1 atom stereocenters. The Morgan fingerprint density at radius 3 is 2.49 bits per heavy atom. The monoisotopic (exact) mass is 481 g/mol. The van der Waals surface area contributed by atoms with E-state index in [1.54, 1.807) is 22.9 Å². The zero-order valence-electron chi connectivity index (χ0n) is 20.9. The molecule has 4 rings (SSSR count). The van der Waals surface area contributed by atoms with Gasteiger partial charge in [-0.25, -0.2) is 9.07 Å². The SMILES string of the molecule is CCOCC(O)CN(Cc1c(C(C)C)nn(-c2ccccc2)c1Oc1ccccc1F)CC1CC1. The lowest BCUT2D eigenvalue weighted by molar-refractivity contribution is 0.0185. The number of para-hydroxylation sites is 2. The Morgan fingerprint density at radius 1 is 1.11 bits per heavy atom. The smallest absolute Gasteiger partial charge is 0.227 e. The Hall–Kier alpha value is -2.74. The van der Waals surface area contributed by atoms with Crippen LogP contribution in [0.1, 0.15) is 50.8 Å². The van der Waals surface area contributed by atoms with Gasteiger partial charge in [-0.2, -0.15) is 5.10 Å². The van der Waals surface area contributed by atoms with Crippen molar-refractivity contribution in [3.63, 3.8) is 0 Å². The summed E-state index contributed by atoms with van der Waals surface area (Å²) in [5.74, 6) is 1.01. The summed E-state index contributed by atoms with van der Waals surface area (Å²) < 4.78 is 28.1. The number of halogens is 1. The summed E-state index contributed by atoms with van der Waals surface area (Å²) in [5.41, 5.74) is 2.66. The van der Waals surface area contributed by atoms with Crippen molar-refractivity contribution in [1.82, 2.24) is 14.7 Å². The second kappa shape index (κ2) is 11.8. The molecule has 3 aromatic rings. The van der Waals surface area contributed by atoms with E-state index in [0.717, 1.165) is 23.5 Å². The van der Waals surface area contributed by atoms with E-state index in [-0.39, 0.29) is 11.7 Å². The fraction of sp³-hybridized carbons (Fsp3) is 0.464. The highest BCUT2D eigenvalue weighted by atomic mass is 19.1. The van der Waals surface area contributed by atoms with E-state index in [4.69, 9.17) is 14.6 Å². The molecular weight excluding hydrogens is 445 g/mol. The number of aromatic nitrogens is 2. The lowest BCUT2D eigenvalue weighted by atomic mass is 10.1. The third kappa shape index (κ3) is 6.69. The normalized spacial score (nSPS) is 14.6. The summed E-state index contributed by atoms with van der Waals surface area (Å²) in [6, 6.07) is 16.2. The van der Waals surface area contributed by atoms with Gasteiger partial charge in [0.1, 0.15) is 0 Å². The van der Waals surface area contributed by atoms with Gasteiger partial charge in [-0.3, -0.25) is 4.90 Å². The molecule has 0 saturated heterocycles. The predicted molar refractivity (Wildman–Crippen MR) is 135 cm³/mol. The summed E-state index contributed by atoms with van der Waals surface area (Å²) in [6.45, 7) is 8.92. The average Bonchev–Trinajstić information content (AvgIpc) is 3.59. The highest BCUT2D eigenvalue weighted by Gasteiger charge is 2.30. The summed E-state index contributed by atoms with van der Waals surface area (Å²) in [4.78, 5) is 2.26. The van der Waals surface area contributed by atoms with Crippen LogP contribution in [0, 0.1) is 11.7 Å². The van der Waals surface area contributed by atoms with Gasteiger partial charge in [-0.05, 0) is 55.9 Å². The third-order valence-electron chi connectivity index (χ3n) is 6.14. The molecular formula is C28H36FN3O3. The molecule has 0 amide bonds. The molecule has 1 aliphatic carbocycles. The Bertz CT molecular complexity index is 1080.